The van der Waals surface area contributed by atoms with Crippen molar-refractivity contribution >= 4 is 32.5 Å². The molecule has 0 aliphatic carbocycles. The van der Waals surface area contributed by atoms with Crippen LogP contribution < -0.4 is 5.32 Å². The van der Waals surface area contributed by atoms with Crippen molar-refractivity contribution < 1.29 is 22.0 Å². The van der Waals surface area contributed by atoms with Crippen LogP contribution in [0.4, 0.5) is 14.5 Å². The van der Waals surface area contributed by atoms with E-state index in [-0.39, 0.29) is 27.0 Å². The SMILES string of the molecule is O=C(Nc1ccnc2c(F)cc(F)cc12)c1ccc(S(=O)(=O)N2CCCC2)cc1. The number of fused-ring (bicyclic) bond motifs is 1. The van der Waals surface area contributed by atoms with E-state index in [1.165, 1.54) is 40.8 Å². The van der Waals surface area contributed by atoms with Gasteiger partial charge in [0.1, 0.15) is 11.3 Å². The Labute approximate surface area is 166 Å². The summed E-state index contributed by atoms with van der Waals surface area (Å²) in [5, 5.41) is 2.73. The second-order valence-corrected chi connectivity index (χ2v) is 8.67. The number of nitrogens with zero attached hydrogens (tertiary/aromatic N) is 2. The number of amides is 1. The third kappa shape index (κ3) is 3.70. The fourth-order valence-electron chi connectivity index (χ4n) is 3.34. The Bertz CT molecular complexity index is 1190. The molecule has 1 saturated heterocycles. The Kier molecular flexibility index (Phi) is 5.01. The molecule has 0 saturated carbocycles. The van der Waals surface area contributed by atoms with Crippen molar-refractivity contribution in [1.82, 2.24) is 9.29 Å². The van der Waals surface area contributed by atoms with Crippen LogP contribution in [0.1, 0.15) is 23.2 Å². The van der Waals surface area contributed by atoms with Crippen LogP contribution in [0.25, 0.3) is 10.9 Å². The first kappa shape index (κ1) is 19.4. The number of aromatic nitrogens is 1. The van der Waals surface area contributed by atoms with Crippen molar-refractivity contribution in [2.24, 2.45) is 0 Å². The molecule has 1 aliphatic rings. The number of carbonyl (C=O) groups excluding carboxylic acids is 1. The van der Waals surface area contributed by atoms with E-state index in [2.05, 4.69) is 10.3 Å². The molecule has 0 radical (unpaired) electrons. The first-order valence-electron chi connectivity index (χ1n) is 9.01. The molecule has 0 bridgehead atoms. The molecule has 2 aromatic carbocycles. The number of hydrogen-bond acceptors (Lipinski definition) is 4. The summed E-state index contributed by atoms with van der Waals surface area (Å²) in [7, 11) is -3.57. The standard InChI is InChI=1S/C20H17F2N3O3S/c21-14-11-16-18(7-8-23-19(16)17(22)12-14)24-20(26)13-3-5-15(6-4-13)29(27,28)25-9-1-2-10-25/h3-8,11-12H,1-2,9-10H2,(H,23,24,26). The predicted octanol–water partition coefficient (Wildman–Crippen LogP) is 3.55. The lowest BCUT2D eigenvalue weighted by atomic mass is 10.1. The monoisotopic (exact) mass is 417 g/mol. The number of hydrogen-bond donors (Lipinski definition) is 1. The van der Waals surface area contributed by atoms with E-state index >= 15 is 0 Å². The number of halogens is 2. The molecular weight excluding hydrogens is 400 g/mol. The van der Waals surface area contributed by atoms with Gasteiger partial charge in [0.2, 0.25) is 10.0 Å². The lowest BCUT2D eigenvalue weighted by molar-refractivity contribution is 0.102. The van der Waals surface area contributed by atoms with Gasteiger partial charge in [-0.3, -0.25) is 9.78 Å². The van der Waals surface area contributed by atoms with Crippen molar-refractivity contribution in [3.05, 3.63) is 65.9 Å². The van der Waals surface area contributed by atoms with Gasteiger partial charge >= 0.3 is 0 Å². The smallest absolute Gasteiger partial charge is 0.255 e. The molecule has 1 amide bonds. The molecule has 1 N–H and O–H groups in total. The molecule has 1 aromatic heterocycles. The summed E-state index contributed by atoms with van der Waals surface area (Å²) < 4.78 is 54.0. The van der Waals surface area contributed by atoms with Gasteiger partial charge < -0.3 is 5.32 Å². The lowest BCUT2D eigenvalue weighted by Gasteiger charge is -2.15. The van der Waals surface area contributed by atoms with Gasteiger partial charge in [0.25, 0.3) is 5.91 Å². The second-order valence-electron chi connectivity index (χ2n) is 6.73. The summed E-state index contributed by atoms with van der Waals surface area (Å²) in [5.74, 6) is -2.14. The van der Waals surface area contributed by atoms with E-state index in [4.69, 9.17) is 0 Å². The first-order valence-corrected chi connectivity index (χ1v) is 10.5. The van der Waals surface area contributed by atoms with E-state index in [9.17, 15) is 22.0 Å². The molecular formula is C20H17F2N3O3S. The van der Waals surface area contributed by atoms with E-state index < -0.39 is 27.6 Å². The van der Waals surface area contributed by atoms with Crippen LogP contribution in [-0.2, 0) is 10.0 Å². The van der Waals surface area contributed by atoms with Crippen LogP contribution in [0.3, 0.4) is 0 Å². The minimum absolute atomic E-state index is 0.0590. The van der Waals surface area contributed by atoms with Crippen molar-refractivity contribution in [3.63, 3.8) is 0 Å². The largest absolute Gasteiger partial charge is 0.321 e. The molecule has 1 aliphatic heterocycles. The number of benzene rings is 2. The van der Waals surface area contributed by atoms with E-state index in [0.717, 1.165) is 25.0 Å². The van der Waals surface area contributed by atoms with Crippen molar-refractivity contribution in [1.29, 1.82) is 0 Å². The normalized spacial score (nSPS) is 15.0. The highest BCUT2D eigenvalue weighted by Crippen LogP contribution is 2.26. The van der Waals surface area contributed by atoms with Gasteiger partial charge in [-0.15, -0.1) is 0 Å². The summed E-state index contributed by atoms with van der Waals surface area (Å²) in [4.78, 5) is 16.6. The van der Waals surface area contributed by atoms with Gasteiger partial charge in [-0.1, -0.05) is 0 Å². The molecule has 9 heteroatoms. The number of rotatable bonds is 4. The topological polar surface area (TPSA) is 79.4 Å². The number of nitrogens with one attached hydrogen (secondary N) is 1. The van der Waals surface area contributed by atoms with Crippen LogP contribution in [-0.4, -0.2) is 36.7 Å². The Balaban J connectivity index is 1.59. The minimum atomic E-state index is -3.57. The minimum Gasteiger partial charge on any atom is -0.321 e. The molecule has 6 nitrogen and oxygen atoms in total. The molecule has 2 heterocycles. The Hall–Kier alpha value is -2.91. The van der Waals surface area contributed by atoms with E-state index in [1.54, 1.807) is 0 Å². The summed E-state index contributed by atoms with van der Waals surface area (Å²) in [5.41, 5.74) is 0.357. The van der Waals surface area contributed by atoms with E-state index in [0.29, 0.717) is 13.1 Å². The maximum Gasteiger partial charge on any atom is 0.255 e. The summed E-state index contributed by atoms with van der Waals surface area (Å²) in [6.45, 7) is 0.986. The second kappa shape index (κ2) is 7.49. The zero-order valence-corrected chi connectivity index (χ0v) is 16.0. The molecule has 1 fully saturated rings. The highest BCUT2D eigenvalue weighted by Gasteiger charge is 2.27. The molecule has 0 atom stereocenters. The Morgan fingerprint density at radius 2 is 1.72 bits per heavy atom. The highest BCUT2D eigenvalue weighted by molar-refractivity contribution is 7.89. The van der Waals surface area contributed by atoms with Crippen molar-refractivity contribution in [3.8, 4) is 0 Å². The molecule has 0 spiro atoms. The van der Waals surface area contributed by atoms with Crippen molar-refractivity contribution in [2.45, 2.75) is 17.7 Å². The van der Waals surface area contributed by atoms with E-state index in [1.807, 2.05) is 0 Å². The van der Waals surface area contributed by atoms with Crippen LogP contribution in [0.2, 0.25) is 0 Å². The Morgan fingerprint density at radius 3 is 2.41 bits per heavy atom. The zero-order valence-electron chi connectivity index (χ0n) is 15.2. The van der Waals surface area contributed by atoms with Crippen LogP contribution >= 0.6 is 0 Å². The molecule has 29 heavy (non-hydrogen) atoms. The van der Waals surface area contributed by atoms with Gasteiger partial charge in [0.05, 0.1) is 10.6 Å². The molecule has 150 valence electrons. The average Bonchev–Trinajstić information content (AvgIpc) is 3.24. The maximum atomic E-state index is 13.9. The zero-order chi connectivity index (χ0) is 20.6. The van der Waals surface area contributed by atoms with Gasteiger partial charge in [-0.2, -0.15) is 4.31 Å². The van der Waals surface area contributed by atoms with Crippen LogP contribution in [0.15, 0.2) is 53.6 Å². The van der Waals surface area contributed by atoms with Gasteiger partial charge in [0.15, 0.2) is 5.82 Å². The predicted molar refractivity (Wildman–Crippen MR) is 104 cm³/mol. The quantitative estimate of drug-likeness (QED) is 0.704. The summed E-state index contributed by atoms with van der Waals surface area (Å²) >= 11 is 0. The maximum absolute atomic E-state index is 13.9. The van der Waals surface area contributed by atoms with Crippen molar-refractivity contribution in [2.75, 3.05) is 18.4 Å². The van der Waals surface area contributed by atoms with Gasteiger partial charge in [0, 0.05) is 36.3 Å². The number of anilines is 1. The number of sulfonamides is 1. The first-order chi connectivity index (χ1) is 13.9. The summed E-state index contributed by atoms with van der Waals surface area (Å²) in [6, 6.07) is 8.82. The third-order valence-corrected chi connectivity index (χ3v) is 6.74. The van der Waals surface area contributed by atoms with Gasteiger partial charge in [-0.05, 0) is 49.2 Å². The lowest BCUT2D eigenvalue weighted by Crippen LogP contribution is -2.27. The fourth-order valence-corrected chi connectivity index (χ4v) is 4.86. The number of carbonyl (C=O) groups is 1. The van der Waals surface area contributed by atoms with Crippen LogP contribution in [0, 0.1) is 11.6 Å². The van der Waals surface area contributed by atoms with Crippen LogP contribution in [0.5, 0.6) is 0 Å². The highest BCUT2D eigenvalue weighted by atomic mass is 32.2. The third-order valence-electron chi connectivity index (χ3n) is 4.83. The Morgan fingerprint density at radius 1 is 1.03 bits per heavy atom. The molecule has 3 aromatic rings. The fraction of sp³-hybridized carbons (Fsp3) is 0.200. The summed E-state index contributed by atoms with van der Waals surface area (Å²) in [6.07, 6.45) is 2.98. The average molecular weight is 417 g/mol. The van der Waals surface area contributed by atoms with Gasteiger partial charge in [-0.25, -0.2) is 17.2 Å². The number of pyridine rings is 1. The molecule has 0 unspecified atom stereocenters. The molecule has 4 rings (SSSR count).